The summed E-state index contributed by atoms with van der Waals surface area (Å²) in [4.78, 5) is 0. The number of hydrogen-bond donors (Lipinski definition) is 1. The van der Waals surface area contributed by atoms with Gasteiger partial charge in [0.05, 0.1) is 0 Å². The summed E-state index contributed by atoms with van der Waals surface area (Å²) in [6.45, 7) is 2.68. The first-order valence-electron chi connectivity index (χ1n) is 5.37. The molecule has 0 aliphatic carbocycles. The summed E-state index contributed by atoms with van der Waals surface area (Å²) in [5.74, 6) is 0. The van der Waals surface area contributed by atoms with Gasteiger partial charge in [0.15, 0.2) is 0 Å². The lowest BCUT2D eigenvalue weighted by Gasteiger charge is -2.07. The minimum Gasteiger partial charge on any atom is -0.385 e. The summed E-state index contributed by atoms with van der Waals surface area (Å²) in [6.07, 6.45) is 2.23. The van der Waals surface area contributed by atoms with E-state index < -0.39 is 0 Å². The van der Waals surface area contributed by atoms with Gasteiger partial charge in [0.25, 0.3) is 0 Å². The Labute approximate surface area is 110 Å². The first kappa shape index (κ1) is 14.0. The third kappa shape index (κ3) is 5.30. The molecule has 0 bridgehead atoms. The molecule has 0 amide bonds. The molecule has 16 heavy (non-hydrogen) atoms. The van der Waals surface area contributed by atoms with Crippen molar-refractivity contribution in [3.05, 3.63) is 33.3 Å². The molecule has 1 rings (SSSR count). The second-order valence-corrected chi connectivity index (χ2v) is 4.90. The first-order chi connectivity index (χ1) is 7.74. The lowest BCUT2D eigenvalue weighted by molar-refractivity contribution is 0.192. The number of halogens is 2. The molecule has 1 aromatic carbocycles. The fourth-order valence-electron chi connectivity index (χ4n) is 1.40. The van der Waals surface area contributed by atoms with Gasteiger partial charge < -0.3 is 10.1 Å². The van der Waals surface area contributed by atoms with Crippen LogP contribution in [0.15, 0.2) is 22.7 Å². The van der Waals surface area contributed by atoms with Crippen LogP contribution < -0.4 is 5.32 Å². The van der Waals surface area contributed by atoms with Crippen molar-refractivity contribution in [1.82, 2.24) is 5.32 Å². The van der Waals surface area contributed by atoms with Crippen molar-refractivity contribution in [1.29, 1.82) is 0 Å². The Morgan fingerprint density at radius 1 is 1.38 bits per heavy atom. The van der Waals surface area contributed by atoms with E-state index in [-0.39, 0.29) is 0 Å². The van der Waals surface area contributed by atoms with Crippen LogP contribution in [0.4, 0.5) is 0 Å². The van der Waals surface area contributed by atoms with Crippen LogP contribution in [0, 0.1) is 0 Å². The molecule has 1 aromatic rings. The molecule has 0 spiro atoms. The standard InChI is InChI=1S/C12H17BrClNO/c1-16-7-3-2-6-15-9-10-8-11(14)4-5-12(10)13/h4-5,8,15H,2-3,6-7,9H2,1H3. The Hall–Kier alpha value is -0.0900. The largest absolute Gasteiger partial charge is 0.385 e. The van der Waals surface area contributed by atoms with Gasteiger partial charge in [-0.3, -0.25) is 0 Å². The number of hydrogen-bond acceptors (Lipinski definition) is 2. The van der Waals surface area contributed by atoms with Gasteiger partial charge in [-0.05, 0) is 43.1 Å². The van der Waals surface area contributed by atoms with Crippen LogP contribution in [0.1, 0.15) is 18.4 Å². The molecule has 0 fully saturated rings. The van der Waals surface area contributed by atoms with Gasteiger partial charge >= 0.3 is 0 Å². The molecule has 0 aliphatic rings. The summed E-state index contributed by atoms with van der Waals surface area (Å²) in [7, 11) is 1.73. The average molecular weight is 307 g/mol. The molecule has 0 heterocycles. The van der Waals surface area contributed by atoms with Crippen LogP contribution >= 0.6 is 27.5 Å². The summed E-state index contributed by atoms with van der Waals surface area (Å²) >= 11 is 9.44. The molecule has 90 valence electrons. The van der Waals surface area contributed by atoms with Gasteiger partial charge in [-0.1, -0.05) is 27.5 Å². The van der Waals surface area contributed by atoms with Crippen molar-refractivity contribution in [2.24, 2.45) is 0 Å². The Bertz CT molecular complexity index is 320. The fraction of sp³-hybridized carbons (Fsp3) is 0.500. The molecule has 1 N–H and O–H groups in total. The van der Waals surface area contributed by atoms with Crippen molar-refractivity contribution in [3.63, 3.8) is 0 Å². The molecule has 2 nitrogen and oxygen atoms in total. The van der Waals surface area contributed by atoms with E-state index in [0.717, 1.165) is 42.0 Å². The second-order valence-electron chi connectivity index (χ2n) is 3.61. The minimum atomic E-state index is 0.777. The van der Waals surface area contributed by atoms with E-state index >= 15 is 0 Å². The van der Waals surface area contributed by atoms with Crippen LogP contribution in [0.25, 0.3) is 0 Å². The highest BCUT2D eigenvalue weighted by molar-refractivity contribution is 9.10. The third-order valence-electron chi connectivity index (χ3n) is 2.28. The minimum absolute atomic E-state index is 0.777. The van der Waals surface area contributed by atoms with Crippen LogP contribution in [0.2, 0.25) is 5.02 Å². The average Bonchev–Trinajstić information content (AvgIpc) is 2.28. The predicted octanol–water partition coefficient (Wildman–Crippen LogP) is 3.62. The van der Waals surface area contributed by atoms with E-state index in [4.69, 9.17) is 16.3 Å². The molecule has 4 heteroatoms. The predicted molar refractivity (Wildman–Crippen MR) is 72.0 cm³/mol. The number of ether oxygens (including phenoxy) is 1. The van der Waals surface area contributed by atoms with Gasteiger partial charge in [0.1, 0.15) is 0 Å². The summed E-state index contributed by atoms with van der Waals surface area (Å²) in [6, 6.07) is 5.84. The van der Waals surface area contributed by atoms with Crippen LogP contribution in [-0.2, 0) is 11.3 Å². The molecule has 0 aliphatic heterocycles. The van der Waals surface area contributed by atoms with Crippen LogP contribution in [0.3, 0.4) is 0 Å². The number of unbranched alkanes of at least 4 members (excludes halogenated alkanes) is 1. The molecule has 0 radical (unpaired) electrons. The van der Waals surface area contributed by atoms with Gasteiger partial charge in [-0.2, -0.15) is 0 Å². The van der Waals surface area contributed by atoms with Gasteiger partial charge in [-0.15, -0.1) is 0 Å². The van der Waals surface area contributed by atoms with Crippen molar-refractivity contribution < 1.29 is 4.74 Å². The second kappa shape index (κ2) is 8.07. The molecular formula is C12H17BrClNO. The van der Waals surface area contributed by atoms with E-state index in [9.17, 15) is 0 Å². The summed E-state index contributed by atoms with van der Waals surface area (Å²) < 4.78 is 6.09. The Balaban J connectivity index is 2.23. The van der Waals surface area contributed by atoms with Crippen LogP contribution in [-0.4, -0.2) is 20.3 Å². The zero-order valence-corrected chi connectivity index (χ0v) is 11.8. The Morgan fingerprint density at radius 2 is 2.19 bits per heavy atom. The normalized spacial score (nSPS) is 10.7. The maximum atomic E-state index is 5.93. The number of rotatable bonds is 7. The zero-order chi connectivity index (χ0) is 11.8. The molecule has 0 saturated heterocycles. The maximum absolute atomic E-state index is 5.93. The van der Waals surface area contributed by atoms with E-state index in [1.54, 1.807) is 7.11 Å². The smallest absolute Gasteiger partial charge is 0.0462 e. The van der Waals surface area contributed by atoms with Gasteiger partial charge in [-0.25, -0.2) is 0 Å². The molecular weight excluding hydrogens is 289 g/mol. The third-order valence-corrected chi connectivity index (χ3v) is 3.28. The topological polar surface area (TPSA) is 21.3 Å². The zero-order valence-electron chi connectivity index (χ0n) is 9.43. The lowest BCUT2D eigenvalue weighted by atomic mass is 10.2. The SMILES string of the molecule is COCCCCNCc1cc(Cl)ccc1Br. The number of benzene rings is 1. The highest BCUT2D eigenvalue weighted by Crippen LogP contribution is 2.20. The molecule has 0 unspecified atom stereocenters. The van der Waals surface area contributed by atoms with Crippen LogP contribution in [0.5, 0.6) is 0 Å². The number of nitrogens with one attached hydrogen (secondary N) is 1. The van der Waals surface area contributed by atoms with Crippen molar-refractivity contribution >= 4 is 27.5 Å². The highest BCUT2D eigenvalue weighted by atomic mass is 79.9. The first-order valence-corrected chi connectivity index (χ1v) is 6.54. The summed E-state index contributed by atoms with van der Waals surface area (Å²) in [5.41, 5.74) is 1.19. The van der Waals surface area contributed by atoms with Gasteiger partial charge in [0.2, 0.25) is 0 Å². The van der Waals surface area contributed by atoms with Crippen molar-refractivity contribution in [3.8, 4) is 0 Å². The van der Waals surface area contributed by atoms with E-state index in [1.165, 1.54) is 5.56 Å². The molecule has 0 atom stereocenters. The molecule has 0 saturated carbocycles. The Kier molecular flexibility index (Phi) is 7.05. The van der Waals surface area contributed by atoms with Gasteiger partial charge in [0, 0.05) is 29.8 Å². The van der Waals surface area contributed by atoms with E-state index in [2.05, 4.69) is 21.2 Å². The summed E-state index contributed by atoms with van der Waals surface area (Å²) in [5, 5.41) is 4.16. The maximum Gasteiger partial charge on any atom is 0.0462 e. The van der Waals surface area contributed by atoms with Crippen molar-refractivity contribution in [2.75, 3.05) is 20.3 Å². The molecule has 0 aromatic heterocycles. The fourth-order valence-corrected chi connectivity index (χ4v) is 1.98. The monoisotopic (exact) mass is 305 g/mol. The number of methoxy groups -OCH3 is 1. The highest BCUT2D eigenvalue weighted by Gasteiger charge is 2.00. The van der Waals surface area contributed by atoms with Crippen molar-refractivity contribution in [2.45, 2.75) is 19.4 Å². The Morgan fingerprint density at radius 3 is 2.94 bits per heavy atom. The van der Waals surface area contributed by atoms with E-state index in [0.29, 0.717) is 0 Å². The quantitative estimate of drug-likeness (QED) is 0.777. The van der Waals surface area contributed by atoms with E-state index in [1.807, 2.05) is 18.2 Å². The lowest BCUT2D eigenvalue weighted by Crippen LogP contribution is -2.15.